The van der Waals surface area contributed by atoms with E-state index in [4.69, 9.17) is 4.74 Å². The zero-order valence-corrected chi connectivity index (χ0v) is 16.0. The van der Waals surface area contributed by atoms with Crippen molar-refractivity contribution in [1.82, 2.24) is 0 Å². The third-order valence-corrected chi connectivity index (χ3v) is 5.97. The van der Waals surface area contributed by atoms with E-state index in [1.165, 1.54) is 48.5 Å². The first kappa shape index (κ1) is 20.2. The molecule has 29 heavy (non-hydrogen) atoms. The van der Waals surface area contributed by atoms with Crippen molar-refractivity contribution in [2.45, 2.75) is 22.8 Å². The number of hydrogen-bond donors (Lipinski definition) is 0. The van der Waals surface area contributed by atoms with E-state index in [-0.39, 0.29) is 28.5 Å². The topological polar surface area (TPSA) is 104 Å². The standard InChI is InChI=1S/C21H17NO6S/c23-21(14-16-6-10-18(11-7-16)22(24)25)28-15-17-8-12-20(13-9-17)29(26,27)19-4-2-1-3-5-19/h1-13H,14-15H2. The summed E-state index contributed by atoms with van der Waals surface area (Å²) < 4.78 is 30.3. The van der Waals surface area contributed by atoms with Gasteiger partial charge >= 0.3 is 5.97 Å². The first-order chi connectivity index (χ1) is 13.9. The van der Waals surface area contributed by atoms with E-state index in [2.05, 4.69) is 0 Å². The van der Waals surface area contributed by atoms with E-state index >= 15 is 0 Å². The molecule has 8 heteroatoms. The zero-order valence-electron chi connectivity index (χ0n) is 15.2. The Balaban J connectivity index is 1.58. The Kier molecular flexibility index (Phi) is 6.04. The minimum Gasteiger partial charge on any atom is -0.461 e. The Hall–Kier alpha value is -3.52. The molecule has 0 spiro atoms. The minimum absolute atomic E-state index is 0.00250. The summed E-state index contributed by atoms with van der Waals surface area (Å²) in [6, 6.07) is 19.9. The van der Waals surface area contributed by atoms with Crippen LogP contribution in [0.25, 0.3) is 0 Å². The van der Waals surface area contributed by atoms with E-state index in [1.807, 2.05) is 0 Å². The second-order valence-corrected chi connectivity index (χ2v) is 8.17. The highest BCUT2D eigenvalue weighted by Crippen LogP contribution is 2.21. The molecule has 0 bridgehead atoms. The number of carbonyl (C=O) groups excluding carboxylic acids is 1. The number of ether oxygens (including phenoxy) is 1. The van der Waals surface area contributed by atoms with Crippen molar-refractivity contribution in [3.63, 3.8) is 0 Å². The van der Waals surface area contributed by atoms with Gasteiger partial charge in [0.05, 0.1) is 21.1 Å². The van der Waals surface area contributed by atoms with Gasteiger partial charge in [0.1, 0.15) is 6.61 Å². The van der Waals surface area contributed by atoms with E-state index in [0.717, 1.165) is 0 Å². The summed E-state index contributed by atoms with van der Waals surface area (Å²) in [5.41, 5.74) is 1.20. The van der Waals surface area contributed by atoms with Gasteiger partial charge in [0.15, 0.2) is 0 Å². The number of nitro benzene ring substituents is 1. The molecule has 7 nitrogen and oxygen atoms in total. The predicted molar refractivity (Wildman–Crippen MR) is 105 cm³/mol. The number of hydrogen-bond acceptors (Lipinski definition) is 6. The highest BCUT2D eigenvalue weighted by atomic mass is 32.2. The fourth-order valence-corrected chi connectivity index (χ4v) is 3.90. The van der Waals surface area contributed by atoms with Crippen LogP contribution in [0.2, 0.25) is 0 Å². The molecule has 0 saturated carbocycles. The number of rotatable bonds is 7. The largest absolute Gasteiger partial charge is 0.461 e. The van der Waals surface area contributed by atoms with Crippen LogP contribution < -0.4 is 0 Å². The van der Waals surface area contributed by atoms with Gasteiger partial charge in [-0.1, -0.05) is 42.5 Å². The van der Waals surface area contributed by atoms with E-state index in [1.54, 1.807) is 30.3 Å². The molecule has 0 saturated heterocycles. The molecule has 0 unspecified atom stereocenters. The number of carbonyl (C=O) groups is 1. The Morgan fingerprint density at radius 3 is 1.97 bits per heavy atom. The number of non-ortho nitro benzene ring substituents is 1. The lowest BCUT2D eigenvalue weighted by molar-refractivity contribution is -0.384. The van der Waals surface area contributed by atoms with Crippen molar-refractivity contribution in [3.8, 4) is 0 Å². The normalized spacial score (nSPS) is 11.0. The Labute approximate surface area is 167 Å². The quantitative estimate of drug-likeness (QED) is 0.333. The van der Waals surface area contributed by atoms with Crippen molar-refractivity contribution in [2.75, 3.05) is 0 Å². The van der Waals surface area contributed by atoms with Gasteiger partial charge in [-0.05, 0) is 35.4 Å². The smallest absolute Gasteiger partial charge is 0.310 e. The summed E-state index contributed by atoms with van der Waals surface area (Å²) in [5, 5.41) is 10.6. The highest BCUT2D eigenvalue weighted by molar-refractivity contribution is 7.91. The molecule has 0 heterocycles. The second-order valence-electron chi connectivity index (χ2n) is 6.22. The van der Waals surface area contributed by atoms with Gasteiger partial charge in [0, 0.05) is 12.1 Å². The fraction of sp³-hybridized carbons (Fsp3) is 0.0952. The highest BCUT2D eigenvalue weighted by Gasteiger charge is 2.17. The predicted octanol–water partition coefficient (Wildman–Crippen LogP) is 3.71. The molecule has 0 aliphatic carbocycles. The van der Waals surface area contributed by atoms with E-state index in [9.17, 15) is 23.3 Å². The van der Waals surface area contributed by atoms with Crippen molar-refractivity contribution < 1.29 is 22.9 Å². The van der Waals surface area contributed by atoms with Crippen LogP contribution >= 0.6 is 0 Å². The van der Waals surface area contributed by atoms with Crippen LogP contribution in [0.1, 0.15) is 11.1 Å². The maximum Gasteiger partial charge on any atom is 0.310 e. The van der Waals surface area contributed by atoms with Crippen molar-refractivity contribution in [2.24, 2.45) is 0 Å². The molecular weight excluding hydrogens is 394 g/mol. The number of nitrogens with zero attached hydrogens (tertiary/aromatic N) is 1. The Bertz CT molecular complexity index is 1110. The van der Waals surface area contributed by atoms with Crippen LogP contribution in [0.3, 0.4) is 0 Å². The van der Waals surface area contributed by atoms with Gasteiger partial charge in [0.25, 0.3) is 5.69 Å². The average molecular weight is 411 g/mol. The van der Waals surface area contributed by atoms with Gasteiger partial charge in [-0.2, -0.15) is 0 Å². The van der Waals surface area contributed by atoms with Crippen LogP contribution in [0, 0.1) is 10.1 Å². The lowest BCUT2D eigenvalue weighted by Gasteiger charge is -2.07. The Morgan fingerprint density at radius 2 is 1.38 bits per heavy atom. The minimum atomic E-state index is -3.59. The lowest BCUT2D eigenvalue weighted by Crippen LogP contribution is -2.08. The summed E-state index contributed by atoms with van der Waals surface area (Å²) in [6.45, 7) is -0.00250. The summed E-state index contributed by atoms with van der Waals surface area (Å²) >= 11 is 0. The molecule has 0 fully saturated rings. The van der Waals surface area contributed by atoms with Gasteiger partial charge < -0.3 is 4.74 Å². The molecule has 3 aromatic rings. The van der Waals surface area contributed by atoms with Gasteiger partial charge in [-0.25, -0.2) is 8.42 Å². The van der Waals surface area contributed by atoms with Crippen LogP contribution in [0.15, 0.2) is 88.7 Å². The van der Waals surface area contributed by atoms with Crippen LogP contribution in [-0.2, 0) is 32.4 Å². The molecule has 3 aromatic carbocycles. The summed E-state index contributed by atoms with van der Waals surface area (Å²) in [5.74, 6) is -0.486. The number of esters is 1. The molecular formula is C21H17NO6S. The molecule has 3 rings (SSSR count). The molecule has 0 radical (unpaired) electrons. The SMILES string of the molecule is O=C(Cc1ccc([N+](=O)[O-])cc1)OCc1ccc(S(=O)(=O)c2ccccc2)cc1. The first-order valence-electron chi connectivity index (χ1n) is 8.64. The second kappa shape index (κ2) is 8.66. The summed E-state index contributed by atoms with van der Waals surface area (Å²) in [6.07, 6.45) is -0.0154. The summed E-state index contributed by atoms with van der Waals surface area (Å²) in [4.78, 5) is 22.5. The molecule has 0 N–H and O–H groups in total. The molecule has 0 amide bonds. The molecule has 148 valence electrons. The van der Waals surface area contributed by atoms with E-state index in [0.29, 0.717) is 11.1 Å². The number of nitro groups is 1. The van der Waals surface area contributed by atoms with Gasteiger partial charge in [0.2, 0.25) is 9.84 Å². The van der Waals surface area contributed by atoms with Crippen LogP contribution in [0.5, 0.6) is 0 Å². The number of sulfone groups is 1. The van der Waals surface area contributed by atoms with Crippen molar-refractivity contribution in [3.05, 3.63) is 100 Å². The lowest BCUT2D eigenvalue weighted by atomic mass is 10.1. The third-order valence-electron chi connectivity index (χ3n) is 4.18. The third kappa shape index (κ3) is 5.05. The Morgan fingerprint density at radius 1 is 0.828 bits per heavy atom. The van der Waals surface area contributed by atoms with Gasteiger partial charge in [-0.3, -0.25) is 14.9 Å². The summed E-state index contributed by atoms with van der Waals surface area (Å²) in [7, 11) is -3.59. The first-order valence-corrected chi connectivity index (χ1v) is 10.1. The zero-order chi connectivity index (χ0) is 20.9. The van der Waals surface area contributed by atoms with Crippen molar-refractivity contribution in [1.29, 1.82) is 0 Å². The monoisotopic (exact) mass is 411 g/mol. The number of benzene rings is 3. The van der Waals surface area contributed by atoms with Crippen molar-refractivity contribution >= 4 is 21.5 Å². The average Bonchev–Trinajstić information content (AvgIpc) is 2.73. The van der Waals surface area contributed by atoms with Crippen LogP contribution in [-0.4, -0.2) is 19.3 Å². The fourth-order valence-electron chi connectivity index (χ4n) is 2.62. The molecule has 0 aliphatic heterocycles. The maximum absolute atomic E-state index is 12.6. The molecule has 0 aliphatic rings. The maximum atomic E-state index is 12.6. The molecule has 0 aromatic heterocycles. The van der Waals surface area contributed by atoms with Crippen LogP contribution in [0.4, 0.5) is 5.69 Å². The molecule has 0 atom stereocenters. The van der Waals surface area contributed by atoms with Gasteiger partial charge in [-0.15, -0.1) is 0 Å². The van der Waals surface area contributed by atoms with E-state index < -0.39 is 20.7 Å².